The maximum atomic E-state index is 8.88. The van der Waals surface area contributed by atoms with Crippen LogP contribution in [-0.4, -0.2) is 37.1 Å². The second kappa shape index (κ2) is 18.2. The van der Waals surface area contributed by atoms with Gasteiger partial charge in [0.25, 0.3) is 0 Å². The largest absolute Gasteiger partial charge is 0.394 e. The van der Waals surface area contributed by atoms with Crippen molar-refractivity contribution in [2.75, 3.05) is 19.8 Å². The number of ether oxygens (including phenoxy) is 2. The molecule has 0 aliphatic carbocycles. The summed E-state index contributed by atoms with van der Waals surface area (Å²) in [5.41, 5.74) is 0. The Hall–Kier alpha value is -0.120. The van der Waals surface area contributed by atoms with E-state index in [0.29, 0.717) is 6.61 Å². The van der Waals surface area contributed by atoms with Gasteiger partial charge in [-0.25, -0.2) is 0 Å². The minimum atomic E-state index is -0.0901. The summed E-state index contributed by atoms with van der Waals surface area (Å²) in [4.78, 5) is 0. The first-order valence-corrected chi connectivity index (χ1v) is 10.0. The van der Waals surface area contributed by atoms with Gasteiger partial charge in [0.05, 0.1) is 25.4 Å². The third-order valence-electron chi connectivity index (χ3n) is 4.27. The van der Waals surface area contributed by atoms with Crippen molar-refractivity contribution in [3.05, 3.63) is 0 Å². The molecular formula is C20H42O3. The van der Waals surface area contributed by atoms with Gasteiger partial charge in [0.2, 0.25) is 0 Å². The molecule has 0 aliphatic heterocycles. The molecule has 0 aliphatic rings. The Bertz CT molecular complexity index is 221. The Morgan fingerprint density at radius 2 is 1.13 bits per heavy atom. The molecule has 0 saturated carbocycles. The Morgan fingerprint density at radius 1 is 0.652 bits per heavy atom. The molecule has 0 aromatic carbocycles. The van der Waals surface area contributed by atoms with Crippen molar-refractivity contribution in [1.82, 2.24) is 0 Å². The van der Waals surface area contributed by atoms with Crippen LogP contribution >= 0.6 is 0 Å². The molecule has 0 heterocycles. The van der Waals surface area contributed by atoms with Crippen LogP contribution in [0.5, 0.6) is 0 Å². The van der Waals surface area contributed by atoms with Gasteiger partial charge in [0, 0.05) is 6.61 Å². The first-order valence-electron chi connectivity index (χ1n) is 10.0. The molecule has 0 aromatic heterocycles. The van der Waals surface area contributed by atoms with Crippen LogP contribution in [0.25, 0.3) is 0 Å². The molecule has 0 spiro atoms. The minimum absolute atomic E-state index is 0.0749. The summed E-state index contributed by atoms with van der Waals surface area (Å²) in [6.07, 6.45) is 16.5. The predicted octanol–water partition coefficient (Wildman–Crippen LogP) is 5.49. The Labute approximate surface area is 145 Å². The van der Waals surface area contributed by atoms with E-state index in [2.05, 4.69) is 6.92 Å². The van der Waals surface area contributed by atoms with Crippen LogP contribution in [0.15, 0.2) is 0 Å². The van der Waals surface area contributed by atoms with Gasteiger partial charge in [-0.05, 0) is 20.3 Å². The van der Waals surface area contributed by atoms with E-state index in [1.807, 2.05) is 13.8 Å². The fourth-order valence-corrected chi connectivity index (χ4v) is 2.63. The molecule has 0 fully saturated rings. The zero-order valence-corrected chi connectivity index (χ0v) is 16.0. The van der Waals surface area contributed by atoms with Crippen LogP contribution in [0.2, 0.25) is 0 Å². The highest BCUT2D eigenvalue weighted by atomic mass is 16.5. The van der Waals surface area contributed by atoms with Gasteiger partial charge in [-0.15, -0.1) is 0 Å². The molecule has 23 heavy (non-hydrogen) atoms. The van der Waals surface area contributed by atoms with Gasteiger partial charge in [-0.1, -0.05) is 77.6 Å². The van der Waals surface area contributed by atoms with Crippen LogP contribution < -0.4 is 0 Å². The molecule has 3 heteroatoms. The van der Waals surface area contributed by atoms with E-state index < -0.39 is 0 Å². The highest BCUT2D eigenvalue weighted by Gasteiger charge is 2.05. The van der Waals surface area contributed by atoms with E-state index in [-0.39, 0.29) is 18.8 Å². The van der Waals surface area contributed by atoms with E-state index in [4.69, 9.17) is 14.6 Å². The molecule has 0 aromatic rings. The third kappa shape index (κ3) is 18.1. The lowest BCUT2D eigenvalue weighted by molar-refractivity contribution is -0.0459. The molecule has 0 saturated heterocycles. The van der Waals surface area contributed by atoms with E-state index in [0.717, 1.165) is 13.0 Å². The Kier molecular flexibility index (Phi) is 18.1. The van der Waals surface area contributed by atoms with E-state index in [1.54, 1.807) is 0 Å². The first-order chi connectivity index (χ1) is 11.2. The van der Waals surface area contributed by atoms with Gasteiger partial charge in [-0.3, -0.25) is 0 Å². The molecular weight excluding hydrogens is 288 g/mol. The van der Waals surface area contributed by atoms with Crippen molar-refractivity contribution in [3.63, 3.8) is 0 Å². The number of unbranched alkanes of at least 4 members (excludes halogenated alkanes) is 11. The summed E-state index contributed by atoms with van der Waals surface area (Å²) in [6, 6.07) is 0. The SMILES string of the molecule is CCCCCCCCCCCCCCOC(C)COC(C)CO. The number of aliphatic hydroxyl groups excluding tert-OH is 1. The lowest BCUT2D eigenvalue weighted by Crippen LogP contribution is -2.22. The number of hydrogen-bond acceptors (Lipinski definition) is 3. The predicted molar refractivity (Wildman–Crippen MR) is 99.0 cm³/mol. The summed E-state index contributed by atoms with van der Waals surface area (Å²) in [6.45, 7) is 7.65. The number of aliphatic hydroxyl groups is 1. The topological polar surface area (TPSA) is 38.7 Å². The molecule has 140 valence electrons. The highest BCUT2D eigenvalue weighted by Crippen LogP contribution is 2.12. The quantitative estimate of drug-likeness (QED) is 0.338. The summed E-state index contributed by atoms with van der Waals surface area (Å²) in [5.74, 6) is 0. The van der Waals surface area contributed by atoms with Crippen LogP contribution in [0.1, 0.15) is 97.8 Å². The van der Waals surface area contributed by atoms with Crippen molar-refractivity contribution < 1.29 is 14.6 Å². The minimum Gasteiger partial charge on any atom is -0.394 e. The molecule has 0 bridgehead atoms. The van der Waals surface area contributed by atoms with Crippen molar-refractivity contribution in [3.8, 4) is 0 Å². The van der Waals surface area contributed by atoms with E-state index in [9.17, 15) is 0 Å². The monoisotopic (exact) mass is 330 g/mol. The van der Waals surface area contributed by atoms with Crippen LogP contribution in [-0.2, 0) is 9.47 Å². The number of rotatable bonds is 18. The summed E-state index contributed by atoms with van der Waals surface area (Å²) in [5, 5.41) is 8.88. The van der Waals surface area contributed by atoms with Crippen molar-refractivity contribution in [2.24, 2.45) is 0 Å². The van der Waals surface area contributed by atoms with Gasteiger partial charge in [0.15, 0.2) is 0 Å². The molecule has 2 unspecified atom stereocenters. The second-order valence-electron chi connectivity index (χ2n) is 6.90. The maximum absolute atomic E-state index is 8.88. The van der Waals surface area contributed by atoms with Gasteiger partial charge in [-0.2, -0.15) is 0 Å². The fourth-order valence-electron chi connectivity index (χ4n) is 2.63. The zero-order chi connectivity index (χ0) is 17.2. The third-order valence-corrected chi connectivity index (χ3v) is 4.27. The molecule has 0 rings (SSSR count). The Balaban J connectivity index is 3.12. The van der Waals surface area contributed by atoms with Crippen LogP contribution in [0.3, 0.4) is 0 Å². The normalized spacial score (nSPS) is 14.1. The lowest BCUT2D eigenvalue weighted by Gasteiger charge is -2.16. The zero-order valence-electron chi connectivity index (χ0n) is 16.0. The molecule has 0 amide bonds. The fraction of sp³-hybridized carbons (Fsp3) is 1.00. The van der Waals surface area contributed by atoms with E-state index >= 15 is 0 Å². The maximum Gasteiger partial charge on any atom is 0.0780 e. The van der Waals surface area contributed by atoms with Crippen molar-refractivity contribution in [1.29, 1.82) is 0 Å². The smallest absolute Gasteiger partial charge is 0.0780 e. The molecule has 1 N–H and O–H groups in total. The van der Waals surface area contributed by atoms with Gasteiger partial charge < -0.3 is 14.6 Å². The van der Waals surface area contributed by atoms with Gasteiger partial charge >= 0.3 is 0 Å². The summed E-state index contributed by atoms with van der Waals surface area (Å²) in [7, 11) is 0. The average Bonchev–Trinajstić information content (AvgIpc) is 2.56. The number of hydrogen-bond donors (Lipinski definition) is 1. The molecule has 3 nitrogen and oxygen atoms in total. The molecule has 0 radical (unpaired) electrons. The van der Waals surface area contributed by atoms with Crippen molar-refractivity contribution in [2.45, 2.75) is 110 Å². The first kappa shape index (κ1) is 22.9. The van der Waals surface area contributed by atoms with Gasteiger partial charge in [0.1, 0.15) is 0 Å². The summed E-state index contributed by atoms with van der Waals surface area (Å²) < 4.78 is 11.2. The lowest BCUT2D eigenvalue weighted by atomic mass is 10.1. The van der Waals surface area contributed by atoms with Crippen molar-refractivity contribution >= 4 is 0 Å². The Morgan fingerprint density at radius 3 is 1.61 bits per heavy atom. The summed E-state index contributed by atoms with van der Waals surface area (Å²) >= 11 is 0. The van der Waals surface area contributed by atoms with E-state index in [1.165, 1.54) is 70.6 Å². The standard InChI is InChI=1S/C20H42O3/c1-4-5-6-7-8-9-10-11-12-13-14-15-16-22-20(3)18-23-19(2)17-21/h19-21H,4-18H2,1-3H3. The second-order valence-corrected chi connectivity index (χ2v) is 6.90. The highest BCUT2D eigenvalue weighted by molar-refractivity contribution is 4.52. The van der Waals surface area contributed by atoms with Crippen LogP contribution in [0.4, 0.5) is 0 Å². The molecule has 2 atom stereocenters. The average molecular weight is 331 g/mol. The van der Waals surface area contributed by atoms with Crippen LogP contribution in [0, 0.1) is 0 Å².